The second-order valence-corrected chi connectivity index (χ2v) is 8.33. The third-order valence-electron chi connectivity index (χ3n) is 5.07. The fraction of sp³-hybridized carbons (Fsp3) is 0.278. The third-order valence-corrected chi connectivity index (χ3v) is 5.85. The van der Waals surface area contributed by atoms with Crippen LogP contribution in [-0.2, 0) is 0 Å². The zero-order valence-electron chi connectivity index (χ0n) is 12.8. The summed E-state index contributed by atoms with van der Waals surface area (Å²) in [6.07, 6.45) is 1.08. The summed E-state index contributed by atoms with van der Waals surface area (Å²) in [7, 11) is 0. The predicted octanol–water partition coefficient (Wildman–Crippen LogP) is 5.78. The van der Waals surface area contributed by atoms with Crippen LogP contribution in [0.15, 0.2) is 40.9 Å². The van der Waals surface area contributed by atoms with Crippen molar-refractivity contribution in [3.8, 4) is 5.75 Å². The van der Waals surface area contributed by atoms with E-state index in [9.17, 15) is 4.39 Å². The summed E-state index contributed by atoms with van der Waals surface area (Å²) in [4.78, 5) is 4.69. The highest BCUT2D eigenvalue weighted by molar-refractivity contribution is 9.10. The SMILES string of the molecule is Fc1cc2nc3n(c2cc1Br)C(c1ccccc1OC(Cl)Cl)[C@@H]1C[C@H]31. The van der Waals surface area contributed by atoms with Gasteiger partial charge in [0.15, 0.2) is 0 Å². The molecule has 0 saturated heterocycles. The van der Waals surface area contributed by atoms with Crippen LogP contribution in [0.3, 0.4) is 0 Å². The van der Waals surface area contributed by atoms with Gasteiger partial charge in [-0.15, -0.1) is 0 Å². The van der Waals surface area contributed by atoms with Crippen molar-refractivity contribution in [1.82, 2.24) is 9.55 Å². The van der Waals surface area contributed by atoms with Crippen LogP contribution in [0.1, 0.15) is 29.8 Å². The Morgan fingerprint density at radius 2 is 2.08 bits per heavy atom. The molecule has 1 aromatic heterocycles. The van der Waals surface area contributed by atoms with Crippen molar-refractivity contribution in [2.75, 3.05) is 0 Å². The summed E-state index contributed by atoms with van der Waals surface area (Å²) in [5.41, 5.74) is 2.63. The van der Waals surface area contributed by atoms with Gasteiger partial charge in [-0.25, -0.2) is 9.37 Å². The average Bonchev–Trinajstić information content (AvgIpc) is 3.18. The number of ether oxygens (including phenoxy) is 1. The number of imidazole rings is 1. The Balaban J connectivity index is 1.71. The summed E-state index contributed by atoms with van der Waals surface area (Å²) in [6.45, 7) is 0. The molecule has 1 unspecified atom stereocenters. The van der Waals surface area contributed by atoms with Crippen molar-refractivity contribution in [2.24, 2.45) is 5.92 Å². The molecule has 128 valence electrons. The molecular weight excluding hydrogens is 430 g/mol. The number of fused-ring (bicyclic) bond motifs is 5. The Kier molecular flexibility index (Phi) is 3.56. The molecule has 3 atom stereocenters. The number of nitrogens with zero attached hydrogens (tertiary/aromatic N) is 2. The fourth-order valence-electron chi connectivity index (χ4n) is 4.01. The van der Waals surface area contributed by atoms with Gasteiger partial charge in [0, 0.05) is 17.5 Å². The van der Waals surface area contributed by atoms with E-state index in [-0.39, 0.29) is 11.9 Å². The highest BCUT2D eigenvalue weighted by Gasteiger charge is 2.55. The molecule has 0 N–H and O–H groups in total. The number of para-hydroxylation sites is 1. The van der Waals surface area contributed by atoms with Crippen molar-refractivity contribution in [3.05, 3.63) is 58.1 Å². The van der Waals surface area contributed by atoms with Gasteiger partial charge in [0.2, 0.25) is 5.02 Å². The maximum absolute atomic E-state index is 13.9. The molecule has 1 saturated carbocycles. The van der Waals surface area contributed by atoms with E-state index in [1.54, 1.807) is 6.07 Å². The zero-order chi connectivity index (χ0) is 17.3. The molecule has 3 nitrogen and oxygen atoms in total. The number of hydrogen-bond acceptors (Lipinski definition) is 2. The topological polar surface area (TPSA) is 27.1 Å². The Hall–Kier alpha value is -1.30. The molecular formula is C18H12BrCl2FN2O. The highest BCUT2D eigenvalue weighted by atomic mass is 79.9. The summed E-state index contributed by atoms with van der Waals surface area (Å²) in [5, 5.41) is -0.931. The second kappa shape index (κ2) is 5.60. The number of halogens is 4. The van der Waals surface area contributed by atoms with Crippen LogP contribution in [0.4, 0.5) is 4.39 Å². The van der Waals surface area contributed by atoms with Crippen LogP contribution in [0.25, 0.3) is 11.0 Å². The summed E-state index contributed by atoms with van der Waals surface area (Å²) in [5.74, 6) is 2.28. The van der Waals surface area contributed by atoms with E-state index in [0.717, 1.165) is 23.3 Å². The molecule has 0 amide bonds. The van der Waals surface area contributed by atoms with Crippen LogP contribution >= 0.6 is 39.1 Å². The molecule has 3 aromatic rings. The highest BCUT2D eigenvalue weighted by Crippen LogP contribution is 2.62. The molecule has 0 spiro atoms. The first-order valence-corrected chi connectivity index (χ1v) is 9.62. The molecule has 0 bridgehead atoms. The Labute approximate surface area is 161 Å². The van der Waals surface area contributed by atoms with Crippen molar-refractivity contribution >= 4 is 50.2 Å². The molecule has 1 aliphatic heterocycles. The second-order valence-electron chi connectivity index (χ2n) is 6.46. The van der Waals surface area contributed by atoms with E-state index < -0.39 is 5.02 Å². The first-order chi connectivity index (χ1) is 12.0. The van der Waals surface area contributed by atoms with Crippen molar-refractivity contribution in [3.63, 3.8) is 0 Å². The van der Waals surface area contributed by atoms with Crippen LogP contribution in [0.2, 0.25) is 0 Å². The molecule has 0 radical (unpaired) electrons. The van der Waals surface area contributed by atoms with Crippen molar-refractivity contribution in [2.45, 2.75) is 23.4 Å². The van der Waals surface area contributed by atoms with Crippen LogP contribution < -0.4 is 4.74 Å². The van der Waals surface area contributed by atoms with Gasteiger partial charge in [0.1, 0.15) is 17.4 Å². The number of aromatic nitrogens is 2. The van der Waals surface area contributed by atoms with E-state index in [1.165, 1.54) is 6.07 Å². The van der Waals surface area contributed by atoms with Gasteiger partial charge in [0.05, 0.1) is 21.5 Å². The van der Waals surface area contributed by atoms with E-state index in [2.05, 4.69) is 20.5 Å². The molecule has 1 fully saturated rings. The van der Waals surface area contributed by atoms with Gasteiger partial charge in [-0.2, -0.15) is 0 Å². The van der Waals surface area contributed by atoms with E-state index in [4.69, 9.17) is 32.9 Å². The first-order valence-electron chi connectivity index (χ1n) is 7.95. The quantitative estimate of drug-likeness (QED) is 0.481. The molecule has 2 aromatic carbocycles. The minimum Gasteiger partial charge on any atom is -0.460 e. The largest absolute Gasteiger partial charge is 0.460 e. The molecule has 25 heavy (non-hydrogen) atoms. The number of benzene rings is 2. The smallest absolute Gasteiger partial charge is 0.247 e. The Bertz CT molecular complexity index is 1010. The van der Waals surface area contributed by atoms with Crippen LogP contribution in [0, 0.1) is 11.7 Å². The van der Waals surface area contributed by atoms with Crippen molar-refractivity contribution < 1.29 is 9.13 Å². The van der Waals surface area contributed by atoms with Crippen LogP contribution in [0.5, 0.6) is 5.75 Å². The third kappa shape index (κ3) is 2.40. The lowest BCUT2D eigenvalue weighted by atomic mass is 10.0. The van der Waals surface area contributed by atoms with E-state index >= 15 is 0 Å². The minimum atomic E-state index is -0.931. The minimum absolute atomic E-state index is 0.0886. The number of rotatable bonds is 3. The molecule has 2 aliphatic rings. The van der Waals surface area contributed by atoms with Gasteiger partial charge in [-0.3, -0.25) is 0 Å². The van der Waals surface area contributed by atoms with Gasteiger partial charge < -0.3 is 9.30 Å². The van der Waals surface area contributed by atoms with Gasteiger partial charge in [-0.05, 0) is 40.4 Å². The maximum Gasteiger partial charge on any atom is 0.247 e. The van der Waals surface area contributed by atoms with Crippen molar-refractivity contribution in [1.29, 1.82) is 0 Å². The lowest BCUT2D eigenvalue weighted by molar-refractivity contribution is 0.344. The number of hydrogen-bond donors (Lipinski definition) is 0. The average molecular weight is 442 g/mol. The summed E-state index contributed by atoms with van der Waals surface area (Å²) >= 11 is 14.9. The normalized spacial score (nSPS) is 23.8. The van der Waals surface area contributed by atoms with Gasteiger partial charge >= 0.3 is 0 Å². The van der Waals surface area contributed by atoms with E-state index in [1.807, 2.05) is 24.3 Å². The molecule has 5 rings (SSSR count). The summed E-state index contributed by atoms with van der Waals surface area (Å²) < 4.78 is 22.1. The standard InChI is InChI=1S/C18H12BrCl2FN2O/c19-11-6-14-13(7-12(11)22)23-17-10-5-9(10)16(24(14)17)8-3-1-2-4-15(8)25-18(20)21/h1-4,6-7,9-10,16,18H,5H2/t9-,10+,16?/m1/s1. The predicted molar refractivity (Wildman–Crippen MR) is 98.9 cm³/mol. The fourth-order valence-corrected chi connectivity index (χ4v) is 4.54. The lowest BCUT2D eigenvalue weighted by Gasteiger charge is -2.21. The Morgan fingerprint density at radius 3 is 2.88 bits per heavy atom. The number of alkyl halides is 2. The molecule has 1 aliphatic carbocycles. The van der Waals surface area contributed by atoms with Crippen LogP contribution in [-0.4, -0.2) is 14.6 Å². The first kappa shape index (κ1) is 15.9. The zero-order valence-corrected chi connectivity index (χ0v) is 15.9. The van der Waals surface area contributed by atoms with Gasteiger partial charge in [0.25, 0.3) is 0 Å². The van der Waals surface area contributed by atoms with E-state index in [0.29, 0.717) is 27.6 Å². The monoisotopic (exact) mass is 440 g/mol. The molecule has 2 heterocycles. The van der Waals surface area contributed by atoms with Gasteiger partial charge in [-0.1, -0.05) is 41.4 Å². The lowest BCUT2D eigenvalue weighted by Crippen LogP contribution is -2.13. The molecule has 7 heteroatoms. The Morgan fingerprint density at radius 1 is 1.28 bits per heavy atom. The maximum atomic E-state index is 13.9. The summed E-state index contributed by atoms with van der Waals surface area (Å²) in [6, 6.07) is 11.1.